The number of benzene rings is 1. The van der Waals surface area contributed by atoms with Crippen LogP contribution in [0.15, 0.2) is 36.7 Å². The molecule has 5 heteroatoms. The molecule has 0 saturated heterocycles. The van der Waals surface area contributed by atoms with Crippen molar-refractivity contribution in [2.24, 2.45) is 7.05 Å². The molecular formula is C17H25N3O2. The Morgan fingerprint density at radius 2 is 2.23 bits per heavy atom. The summed E-state index contributed by atoms with van der Waals surface area (Å²) in [5, 5.41) is 18.1. The number of aryl methyl sites for hydroxylation is 1. The zero-order chi connectivity index (χ0) is 16.2. The minimum atomic E-state index is -0.958. The van der Waals surface area contributed by atoms with Gasteiger partial charge >= 0.3 is 0 Å². The highest BCUT2D eigenvalue weighted by Crippen LogP contribution is 2.22. The lowest BCUT2D eigenvalue weighted by atomic mass is 9.98. The van der Waals surface area contributed by atoms with Crippen molar-refractivity contribution in [1.29, 1.82) is 0 Å². The number of aromatic nitrogens is 2. The van der Waals surface area contributed by atoms with Gasteiger partial charge in [-0.3, -0.25) is 4.68 Å². The molecule has 0 aliphatic heterocycles. The standard InChI is InChI=1S/C17H25N3O2/c1-5-22-16-8-6-7-14(9-16)13(2)18-12-17(3,21)15-10-19-20(4)11-15/h6-11,13,18,21H,5,12H2,1-4H3. The van der Waals surface area contributed by atoms with Crippen molar-refractivity contribution < 1.29 is 9.84 Å². The van der Waals surface area contributed by atoms with Crippen molar-refractivity contribution in [1.82, 2.24) is 15.1 Å². The first-order valence-electron chi connectivity index (χ1n) is 7.60. The fourth-order valence-corrected chi connectivity index (χ4v) is 2.31. The highest BCUT2D eigenvalue weighted by Gasteiger charge is 2.25. The quantitative estimate of drug-likeness (QED) is 0.824. The summed E-state index contributed by atoms with van der Waals surface area (Å²) in [6.07, 6.45) is 3.53. The van der Waals surface area contributed by atoms with Gasteiger partial charge in [-0.25, -0.2) is 0 Å². The Balaban J connectivity index is 2.00. The zero-order valence-electron chi connectivity index (χ0n) is 13.7. The van der Waals surface area contributed by atoms with Gasteiger partial charge in [0.25, 0.3) is 0 Å². The van der Waals surface area contributed by atoms with Crippen LogP contribution < -0.4 is 10.1 Å². The van der Waals surface area contributed by atoms with Crippen LogP contribution in [0.25, 0.3) is 0 Å². The molecule has 2 N–H and O–H groups in total. The largest absolute Gasteiger partial charge is 0.494 e. The molecule has 5 nitrogen and oxygen atoms in total. The second-order valence-electron chi connectivity index (χ2n) is 5.78. The third kappa shape index (κ3) is 4.08. The van der Waals surface area contributed by atoms with E-state index in [1.165, 1.54) is 0 Å². The average molecular weight is 303 g/mol. The van der Waals surface area contributed by atoms with E-state index in [9.17, 15) is 5.11 Å². The SMILES string of the molecule is CCOc1cccc(C(C)NCC(C)(O)c2cnn(C)c2)c1. The van der Waals surface area contributed by atoms with E-state index in [0.717, 1.165) is 16.9 Å². The normalized spacial score (nSPS) is 15.3. The molecule has 1 aromatic heterocycles. The summed E-state index contributed by atoms with van der Waals surface area (Å²) < 4.78 is 7.22. The Hall–Kier alpha value is -1.85. The number of ether oxygens (including phenoxy) is 1. The van der Waals surface area contributed by atoms with Crippen molar-refractivity contribution in [2.45, 2.75) is 32.4 Å². The van der Waals surface area contributed by atoms with E-state index in [2.05, 4.69) is 23.4 Å². The van der Waals surface area contributed by atoms with Crippen LogP contribution in [0, 0.1) is 0 Å². The molecule has 0 amide bonds. The third-order valence-corrected chi connectivity index (χ3v) is 3.75. The summed E-state index contributed by atoms with van der Waals surface area (Å²) in [6, 6.07) is 8.13. The first-order valence-corrected chi connectivity index (χ1v) is 7.60. The molecular weight excluding hydrogens is 278 g/mol. The maximum atomic E-state index is 10.6. The minimum absolute atomic E-state index is 0.114. The van der Waals surface area contributed by atoms with Crippen molar-refractivity contribution in [3.8, 4) is 5.75 Å². The van der Waals surface area contributed by atoms with Crippen LogP contribution in [0.5, 0.6) is 5.75 Å². The van der Waals surface area contributed by atoms with Gasteiger partial charge in [-0.2, -0.15) is 5.10 Å². The Labute approximate surface area is 131 Å². The summed E-state index contributed by atoms with van der Waals surface area (Å²) in [5.74, 6) is 0.868. The van der Waals surface area contributed by atoms with Crippen LogP contribution in [-0.4, -0.2) is 28.0 Å². The summed E-state index contributed by atoms with van der Waals surface area (Å²) >= 11 is 0. The van der Waals surface area contributed by atoms with Gasteiger partial charge in [0, 0.05) is 31.4 Å². The maximum absolute atomic E-state index is 10.6. The van der Waals surface area contributed by atoms with E-state index in [1.54, 1.807) is 17.8 Å². The molecule has 2 unspecified atom stereocenters. The number of hydrogen-bond acceptors (Lipinski definition) is 4. The van der Waals surface area contributed by atoms with Crippen molar-refractivity contribution >= 4 is 0 Å². The van der Waals surface area contributed by atoms with Crippen LogP contribution in [0.3, 0.4) is 0 Å². The molecule has 0 radical (unpaired) electrons. The van der Waals surface area contributed by atoms with Crippen molar-refractivity contribution in [3.05, 3.63) is 47.8 Å². The first-order chi connectivity index (χ1) is 10.4. The average Bonchev–Trinajstić information content (AvgIpc) is 2.93. The Morgan fingerprint density at radius 3 is 2.86 bits per heavy atom. The highest BCUT2D eigenvalue weighted by atomic mass is 16.5. The third-order valence-electron chi connectivity index (χ3n) is 3.75. The number of nitrogens with zero attached hydrogens (tertiary/aromatic N) is 2. The monoisotopic (exact) mass is 303 g/mol. The van der Waals surface area contributed by atoms with Crippen LogP contribution in [0.2, 0.25) is 0 Å². The predicted molar refractivity (Wildman–Crippen MR) is 86.8 cm³/mol. The maximum Gasteiger partial charge on any atom is 0.119 e. The smallest absolute Gasteiger partial charge is 0.119 e. The topological polar surface area (TPSA) is 59.3 Å². The van der Waals surface area contributed by atoms with E-state index in [-0.39, 0.29) is 6.04 Å². The Bertz CT molecular complexity index is 607. The minimum Gasteiger partial charge on any atom is -0.494 e. The lowest BCUT2D eigenvalue weighted by Gasteiger charge is -2.25. The Morgan fingerprint density at radius 1 is 1.45 bits per heavy atom. The van der Waals surface area contributed by atoms with E-state index in [0.29, 0.717) is 13.2 Å². The summed E-state index contributed by atoms with van der Waals surface area (Å²) in [4.78, 5) is 0. The lowest BCUT2D eigenvalue weighted by molar-refractivity contribution is 0.0543. The second kappa shape index (κ2) is 6.94. The molecule has 2 atom stereocenters. The zero-order valence-corrected chi connectivity index (χ0v) is 13.7. The van der Waals surface area contributed by atoms with Gasteiger partial charge in [0.05, 0.1) is 12.8 Å². The molecule has 2 aromatic rings. The van der Waals surface area contributed by atoms with Crippen molar-refractivity contribution in [2.75, 3.05) is 13.2 Å². The van der Waals surface area contributed by atoms with Gasteiger partial charge in [-0.1, -0.05) is 12.1 Å². The fraction of sp³-hybridized carbons (Fsp3) is 0.471. The summed E-state index contributed by atoms with van der Waals surface area (Å²) in [7, 11) is 1.84. The molecule has 22 heavy (non-hydrogen) atoms. The highest BCUT2D eigenvalue weighted by molar-refractivity contribution is 5.30. The first kappa shape index (κ1) is 16.5. The van der Waals surface area contributed by atoms with Gasteiger partial charge in [0.15, 0.2) is 0 Å². The number of aliphatic hydroxyl groups is 1. The molecule has 1 aromatic carbocycles. The number of nitrogens with one attached hydrogen (secondary N) is 1. The van der Waals surface area contributed by atoms with Gasteiger partial charge in [-0.15, -0.1) is 0 Å². The van der Waals surface area contributed by atoms with E-state index < -0.39 is 5.60 Å². The van der Waals surface area contributed by atoms with E-state index in [1.807, 2.05) is 38.4 Å². The molecule has 0 saturated carbocycles. The molecule has 0 spiro atoms. The lowest BCUT2D eigenvalue weighted by Crippen LogP contribution is -2.36. The van der Waals surface area contributed by atoms with Gasteiger partial charge in [0.1, 0.15) is 11.4 Å². The molecule has 0 fully saturated rings. The van der Waals surface area contributed by atoms with E-state index in [4.69, 9.17) is 4.74 Å². The van der Waals surface area contributed by atoms with Crippen LogP contribution in [0.4, 0.5) is 0 Å². The fourth-order valence-electron chi connectivity index (χ4n) is 2.31. The van der Waals surface area contributed by atoms with Gasteiger partial charge in [-0.05, 0) is 38.5 Å². The van der Waals surface area contributed by atoms with Gasteiger partial charge in [0.2, 0.25) is 0 Å². The predicted octanol–water partition coefficient (Wildman–Crippen LogP) is 2.38. The molecule has 120 valence electrons. The molecule has 0 bridgehead atoms. The Kier molecular flexibility index (Phi) is 5.21. The number of rotatable bonds is 7. The molecule has 1 heterocycles. The van der Waals surface area contributed by atoms with Crippen LogP contribution in [0.1, 0.15) is 37.9 Å². The van der Waals surface area contributed by atoms with Crippen LogP contribution in [-0.2, 0) is 12.6 Å². The van der Waals surface area contributed by atoms with Crippen LogP contribution >= 0.6 is 0 Å². The summed E-state index contributed by atoms with van der Waals surface area (Å²) in [5.41, 5.74) is 0.978. The number of hydrogen-bond donors (Lipinski definition) is 2. The molecule has 0 aliphatic carbocycles. The molecule has 2 rings (SSSR count). The summed E-state index contributed by atoms with van der Waals surface area (Å²) in [6.45, 7) is 6.93. The van der Waals surface area contributed by atoms with Gasteiger partial charge < -0.3 is 15.2 Å². The second-order valence-corrected chi connectivity index (χ2v) is 5.78. The van der Waals surface area contributed by atoms with E-state index >= 15 is 0 Å². The van der Waals surface area contributed by atoms with Crippen molar-refractivity contribution in [3.63, 3.8) is 0 Å². The molecule has 0 aliphatic rings.